The van der Waals surface area contributed by atoms with Crippen molar-refractivity contribution >= 4 is 0 Å². The van der Waals surface area contributed by atoms with Gasteiger partial charge in [-0.2, -0.15) is 0 Å². The Morgan fingerprint density at radius 3 is 1.56 bits per heavy atom. The lowest BCUT2D eigenvalue weighted by Crippen LogP contribution is -1.91. The number of unbranched alkanes of at least 4 members (excludes halogenated alkanes) is 13. The molecule has 1 rings (SSSR count). The largest absolute Gasteiger partial charge is 0.507 e. The van der Waals surface area contributed by atoms with Crippen molar-refractivity contribution < 1.29 is 5.11 Å². The van der Waals surface area contributed by atoms with Crippen molar-refractivity contribution in [2.45, 2.75) is 117 Å². The van der Waals surface area contributed by atoms with Gasteiger partial charge in [-0.25, -0.2) is 0 Å². The fourth-order valence-corrected chi connectivity index (χ4v) is 3.75. The predicted molar refractivity (Wildman–Crippen MR) is 112 cm³/mol. The number of hydrogen-bond donors (Lipinski definition) is 1. The van der Waals surface area contributed by atoms with Crippen LogP contribution in [0.25, 0.3) is 0 Å². The first-order valence-electron chi connectivity index (χ1n) is 10.9. The third-order valence-corrected chi connectivity index (χ3v) is 5.32. The van der Waals surface area contributed by atoms with Crippen molar-refractivity contribution in [1.29, 1.82) is 0 Å². The summed E-state index contributed by atoms with van der Waals surface area (Å²) in [6, 6.07) is 4.20. The molecule has 0 aliphatic heterocycles. The van der Waals surface area contributed by atoms with Crippen LogP contribution >= 0.6 is 0 Å². The first-order valence-corrected chi connectivity index (χ1v) is 10.9. The number of aryl methyl sites for hydroxylation is 3. The molecule has 0 fully saturated rings. The van der Waals surface area contributed by atoms with E-state index in [1.54, 1.807) is 0 Å². The van der Waals surface area contributed by atoms with E-state index >= 15 is 0 Å². The van der Waals surface area contributed by atoms with Gasteiger partial charge in [-0.15, -0.1) is 0 Å². The Labute approximate surface area is 157 Å². The van der Waals surface area contributed by atoms with Crippen molar-refractivity contribution in [3.8, 4) is 5.75 Å². The summed E-state index contributed by atoms with van der Waals surface area (Å²) in [5.74, 6) is 0.514. The molecule has 0 saturated heterocycles. The zero-order valence-electron chi connectivity index (χ0n) is 17.2. The van der Waals surface area contributed by atoms with Crippen molar-refractivity contribution in [2.24, 2.45) is 0 Å². The summed E-state index contributed by atoms with van der Waals surface area (Å²) >= 11 is 0. The zero-order chi connectivity index (χ0) is 18.3. The van der Waals surface area contributed by atoms with Crippen LogP contribution in [0.15, 0.2) is 12.1 Å². The van der Waals surface area contributed by atoms with Crippen molar-refractivity contribution in [1.82, 2.24) is 0 Å². The van der Waals surface area contributed by atoms with Crippen molar-refractivity contribution in [3.63, 3.8) is 0 Å². The molecule has 0 amide bonds. The van der Waals surface area contributed by atoms with E-state index in [1.807, 2.05) is 6.92 Å². The molecule has 0 heterocycles. The highest BCUT2D eigenvalue weighted by Crippen LogP contribution is 2.25. The quantitative estimate of drug-likeness (QED) is 0.319. The summed E-state index contributed by atoms with van der Waals surface area (Å²) in [5, 5.41) is 10.1. The molecule has 1 nitrogen and oxygen atoms in total. The number of benzene rings is 1. The Bertz CT molecular complexity index is 450. The average molecular weight is 347 g/mol. The van der Waals surface area contributed by atoms with Gasteiger partial charge in [0.25, 0.3) is 0 Å². The minimum absolute atomic E-state index is 0.514. The maximum atomic E-state index is 10.1. The lowest BCUT2D eigenvalue weighted by Gasteiger charge is -2.09. The molecule has 25 heavy (non-hydrogen) atoms. The van der Waals surface area contributed by atoms with Crippen LogP contribution < -0.4 is 0 Å². The summed E-state index contributed by atoms with van der Waals surface area (Å²) in [6.45, 7) is 6.39. The molecule has 0 aliphatic rings. The second-order valence-electron chi connectivity index (χ2n) is 7.94. The van der Waals surface area contributed by atoms with Crippen LogP contribution in [0.3, 0.4) is 0 Å². The minimum Gasteiger partial charge on any atom is -0.507 e. The van der Waals surface area contributed by atoms with Gasteiger partial charge in [0.1, 0.15) is 5.75 Å². The normalized spacial score (nSPS) is 11.2. The first kappa shape index (κ1) is 22.1. The Morgan fingerprint density at radius 1 is 0.640 bits per heavy atom. The number of hydrogen-bond acceptors (Lipinski definition) is 1. The van der Waals surface area contributed by atoms with E-state index in [-0.39, 0.29) is 0 Å². The highest BCUT2D eigenvalue weighted by atomic mass is 16.3. The zero-order valence-corrected chi connectivity index (χ0v) is 17.2. The molecule has 0 bridgehead atoms. The Balaban J connectivity index is 1.91. The van der Waals surface area contributed by atoms with Crippen LogP contribution in [-0.2, 0) is 6.42 Å². The fraction of sp³-hybridized carbons (Fsp3) is 0.750. The summed E-state index contributed by atoms with van der Waals surface area (Å²) < 4.78 is 0. The molecular weight excluding hydrogens is 304 g/mol. The second-order valence-corrected chi connectivity index (χ2v) is 7.94. The van der Waals surface area contributed by atoms with E-state index < -0.39 is 0 Å². The van der Waals surface area contributed by atoms with Crippen molar-refractivity contribution in [2.75, 3.05) is 0 Å². The molecule has 0 saturated carbocycles. The van der Waals surface area contributed by atoms with E-state index in [0.717, 1.165) is 17.5 Å². The van der Waals surface area contributed by atoms with E-state index in [4.69, 9.17) is 0 Å². The Morgan fingerprint density at radius 2 is 1.08 bits per heavy atom. The topological polar surface area (TPSA) is 20.2 Å². The lowest BCUT2D eigenvalue weighted by molar-refractivity contribution is 0.461. The first-order chi connectivity index (χ1) is 12.1. The number of aromatic hydroxyl groups is 1. The molecule has 0 aliphatic carbocycles. The fourth-order valence-electron chi connectivity index (χ4n) is 3.75. The van der Waals surface area contributed by atoms with Crippen molar-refractivity contribution in [3.05, 3.63) is 28.8 Å². The maximum Gasteiger partial charge on any atom is 0.121 e. The monoisotopic (exact) mass is 346 g/mol. The summed E-state index contributed by atoms with van der Waals surface area (Å²) in [5.41, 5.74) is 3.41. The maximum absolute atomic E-state index is 10.1. The molecule has 0 atom stereocenters. The van der Waals surface area contributed by atoms with Gasteiger partial charge in [0.15, 0.2) is 0 Å². The van der Waals surface area contributed by atoms with Crippen LogP contribution in [0.5, 0.6) is 5.75 Å². The molecular formula is C24H42O. The standard InChI is InChI=1S/C24H42O/c1-4-5-6-7-8-9-10-11-12-13-14-15-16-17-18-23-20-21(2)19-22(3)24(23)25/h19-20,25H,4-18H2,1-3H3. The van der Waals surface area contributed by atoms with Gasteiger partial charge in [0.05, 0.1) is 0 Å². The highest BCUT2D eigenvalue weighted by molar-refractivity contribution is 5.42. The van der Waals surface area contributed by atoms with Crippen LogP contribution in [-0.4, -0.2) is 5.11 Å². The van der Waals surface area contributed by atoms with Gasteiger partial charge >= 0.3 is 0 Å². The van der Waals surface area contributed by atoms with Crippen LogP contribution in [0, 0.1) is 13.8 Å². The highest BCUT2D eigenvalue weighted by Gasteiger charge is 2.05. The summed E-state index contributed by atoms with van der Waals surface area (Å²) in [6.07, 6.45) is 20.5. The van der Waals surface area contributed by atoms with Gasteiger partial charge in [0, 0.05) is 0 Å². The van der Waals surface area contributed by atoms with Crippen LogP contribution in [0.4, 0.5) is 0 Å². The Hall–Kier alpha value is -0.980. The van der Waals surface area contributed by atoms with Crippen LogP contribution in [0.1, 0.15) is 114 Å². The van der Waals surface area contributed by atoms with E-state index in [9.17, 15) is 5.11 Å². The number of phenols is 1. The van der Waals surface area contributed by atoms with Crippen LogP contribution in [0.2, 0.25) is 0 Å². The molecule has 0 unspecified atom stereocenters. The smallest absolute Gasteiger partial charge is 0.121 e. The van der Waals surface area contributed by atoms with Gasteiger partial charge in [-0.3, -0.25) is 0 Å². The molecule has 1 heteroatoms. The van der Waals surface area contributed by atoms with Gasteiger partial charge in [-0.1, -0.05) is 108 Å². The van der Waals surface area contributed by atoms with E-state index in [1.165, 1.54) is 95.5 Å². The molecule has 1 aromatic carbocycles. The minimum atomic E-state index is 0.514. The third kappa shape index (κ3) is 10.6. The average Bonchev–Trinajstić information content (AvgIpc) is 2.59. The summed E-state index contributed by atoms with van der Waals surface area (Å²) in [7, 11) is 0. The second kappa shape index (κ2) is 14.2. The molecule has 0 aromatic heterocycles. The van der Waals surface area contributed by atoms with E-state index in [0.29, 0.717) is 5.75 Å². The van der Waals surface area contributed by atoms with E-state index in [2.05, 4.69) is 26.0 Å². The summed E-state index contributed by atoms with van der Waals surface area (Å²) in [4.78, 5) is 0. The molecule has 1 aromatic rings. The molecule has 1 N–H and O–H groups in total. The molecule has 0 radical (unpaired) electrons. The SMILES string of the molecule is CCCCCCCCCCCCCCCCc1cc(C)cc(C)c1O. The molecule has 144 valence electrons. The third-order valence-electron chi connectivity index (χ3n) is 5.32. The Kier molecular flexibility index (Phi) is 12.5. The van der Waals surface area contributed by atoms with Gasteiger partial charge in [-0.05, 0) is 37.8 Å². The lowest BCUT2D eigenvalue weighted by atomic mass is 9.99. The number of phenolic OH excluding ortho intramolecular Hbond substituents is 1. The predicted octanol–water partition coefficient (Wildman–Crippen LogP) is 8.03. The van der Waals surface area contributed by atoms with Gasteiger partial charge in [0.2, 0.25) is 0 Å². The van der Waals surface area contributed by atoms with Gasteiger partial charge < -0.3 is 5.11 Å². The molecule has 0 spiro atoms. The number of rotatable bonds is 15.